The number of nitrogens with zero attached hydrogens (tertiary/aromatic N) is 4. The van der Waals surface area contributed by atoms with Gasteiger partial charge in [0, 0.05) is 38.6 Å². The van der Waals surface area contributed by atoms with Crippen molar-refractivity contribution in [3.8, 4) is 67.7 Å². The number of hydrogen-bond donors (Lipinski definition) is 0. The van der Waals surface area contributed by atoms with Crippen molar-refractivity contribution < 1.29 is 4.42 Å². The molecule has 0 aliphatic heterocycles. The van der Waals surface area contributed by atoms with Crippen LogP contribution in [0, 0.1) is 0 Å². The predicted octanol–water partition coefficient (Wildman–Crippen LogP) is 13.5. The number of pyridine rings is 1. The summed E-state index contributed by atoms with van der Waals surface area (Å²) in [6, 6.07) is 66.8. The van der Waals surface area contributed by atoms with E-state index in [2.05, 4.69) is 146 Å². The molecule has 0 bridgehead atoms. The Morgan fingerprint density at radius 3 is 1.49 bits per heavy atom. The van der Waals surface area contributed by atoms with Gasteiger partial charge in [-0.3, -0.25) is 0 Å². The quantitative estimate of drug-likeness (QED) is 0.171. The topological polar surface area (TPSA) is 64.7 Å². The summed E-state index contributed by atoms with van der Waals surface area (Å²) in [5.41, 5.74) is 11.7. The molecule has 11 rings (SSSR count). The third-order valence-electron chi connectivity index (χ3n) is 10.8. The van der Waals surface area contributed by atoms with E-state index >= 15 is 0 Å². The molecule has 0 fully saturated rings. The molecule has 0 amide bonds. The number of hydrogen-bond acceptors (Lipinski definition) is 5. The Morgan fingerprint density at radius 2 is 0.789 bits per heavy atom. The zero-order chi connectivity index (χ0) is 37.7. The summed E-state index contributed by atoms with van der Waals surface area (Å²) in [5.74, 6) is 1.85. The summed E-state index contributed by atoms with van der Waals surface area (Å²) in [4.78, 5) is 20.5. The molecule has 0 N–H and O–H groups in total. The van der Waals surface area contributed by atoms with Crippen LogP contribution in [0.3, 0.4) is 0 Å². The minimum atomic E-state index is 0.607. The number of aromatic nitrogens is 4. The van der Waals surface area contributed by atoms with Crippen molar-refractivity contribution in [1.82, 2.24) is 19.9 Å². The fraction of sp³-hybridized carbons (Fsp3) is 0. The highest BCUT2D eigenvalue weighted by Gasteiger charge is 2.21. The molecule has 8 aromatic carbocycles. The third-order valence-corrected chi connectivity index (χ3v) is 10.8. The molecular formula is C52H32N4O. The van der Waals surface area contributed by atoms with E-state index in [0.717, 1.165) is 82.9 Å². The summed E-state index contributed by atoms with van der Waals surface area (Å²) >= 11 is 0. The molecule has 0 atom stereocenters. The lowest BCUT2D eigenvalue weighted by Crippen LogP contribution is -2.00. The van der Waals surface area contributed by atoms with E-state index in [0.29, 0.717) is 17.5 Å². The summed E-state index contributed by atoms with van der Waals surface area (Å²) in [6.07, 6.45) is 0. The van der Waals surface area contributed by atoms with Crippen molar-refractivity contribution in [2.24, 2.45) is 0 Å². The van der Waals surface area contributed by atoms with E-state index in [4.69, 9.17) is 24.4 Å². The van der Waals surface area contributed by atoms with Crippen LogP contribution in [0.2, 0.25) is 0 Å². The summed E-state index contributed by atoms with van der Waals surface area (Å²) < 4.78 is 6.67. The minimum absolute atomic E-state index is 0.607. The van der Waals surface area contributed by atoms with E-state index in [1.807, 2.05) is 48.5 Å². The molecule has 5 nitrogen and oxygen atoms in total. The average molecular weight is 729 g/mol. The lowest BCUT2D eigenvalue weighted by Gasteiger charge is -2.13. The van der Waals surface area contributed by atoms with Gasteiger partial charge in [0.2, 0.25) is 0 Å². The standard InChI is InChI=1S/C52H32N4O/c1-3-13-33(14-4-1)34-25-29-38(30-26-34)51-54-50(37-16-5-2-6-17-37)55-52(56-51)39-31-27-36(28-32-39)41-21-12-23-44-47(41)53-48(42-22-11-18-35-15-7-8-19-40(35)42)46-43-20-9-10-24-45(43)57-49(44)46/h1-32H. The highest BCUT2D eigenvalue weighted by Crippen LogP contribution is 2.43. The lowest BCUT2D eigenvalue weighted by atomic mass is 9.95. The average Bonchev–Trinajstić information content (AvgIpc) is 3.69. The van der Waals surface area contributed by atoms with Crippen molar-refractivity contribution in [3.63, 3.8) is 0 Å². The largest absolute Gasteiger partial charge is 0.455 e. The maximum atomic E-state index is 6.67. The fourth-order valence-electron chi connectivity index (χ4n) is 7.94. The number of para-hydroxylation sites is 2. The molecule has 0 aliphatic carbocycles. The van der Waals surface area contributed by atoms with Crippen molar-refractivity contribution in [2.75, 3.05) is 0 Å². The zero-order valence-corrected chi connectivity index (χ0v) is 30.7. The molecule has 57 heavy (non-hydrogen) atoms. The van der Waals surface area contributed by atoms with E-state index in [-0.39, 0.29) is 0 Å². The summed E-state index contributed by atoms with van der Waals surface area (Å²) in [7, 11) is 0. The second-order valence-electron chi connectivity index (χ2n) is 14.2. The first-order valence-electron chi connectivity index (χ1n) is 19.1. The van der Waals surface area contributed by atoms with Gasteiger partial charge in [-0.2, -0.15) is 0 Å². The monoisotopic (exact) mass is 728 g/mol. The van der Waals surface area contributed by atoms with E-state index in [9.17, 15) is 0 Å². The molecular weight excluding hydrogens is 697 g/mol. The van der Waals surface area contributed by atoms with Gasteiger partial charge in [0.1, 0.15) is 11.2 Å². The molecule has 0 aliphatic rings. The van der Waals surface area contributed by atoms with Crippen LogP contribution in [0.25, 0.3) is 111 Å². The van der Waals surface area contributed by atoms with Gasteiger partial charge < -0.3 is 4.42 Å². The summed E-state index contributed by atoms with van der Waals surface area (Å²) in [6.45, 7) is 0. The molecule has 0 radical (unpaired) electrons. The highest BCUT2D eigenvalue weighted by atomic mass is 16.3. The van der Waals surface area contributed by atoms with Crippen LogP contribution < -0.4 is 0 Å². The van der Waals surface area contributed by atoms with Gasteiger partial charge in [0.15, 0.2) is 17.5 Å². The molecule has 0 spiro atoms. The lowest BCUT2D eigenvalue weighted by molar-refractivity contribution is 0.672. The van der Waals surface area contributed by atoms with Gasteiger partial charge >= 0.3 is 0 Å². The van der Waals surface area contributed by atoms with Crippen molar-refractivity contribution >= 4 is 43.6 Å². The normalized spacial score (nSPS) is 11.5. The van der Waals surface area contributed by atoms with Crippen LogP contribution in [0.15, 0.2) is 199 Å². The Kier molecular flexibility index (Phi) is 7.74. The smallest absolute Gasteiger partial charge is 0.164 e. The van der Waals surface area contributed by atoms with Gasteiger partial charge in [-0.25, -0.2) is 19.9 Å². The molecule has 0 saturated carbocycles. The molecule has 5 heteroatoms. The van der Waals surface area contributed by atoms with Crippen LogP contribution in [0.4, 0.5) is 0 Å². The Hall–Kier alpha value is -7.76. The predicted molar refractivity (Wildman–Crippen MR) is 233 cm³/mol. The van der Waals surface area contributed by atoms with Gasteiger partial charge in [-0.15, -0.1) is 0 Å². The van der Waals surface area contributed by atoms with Gasteiger partial charge in [0.05, 0.1) is 16.6 Å². The maximum absolute atomic E-state index is 6.67. The number of furan rings is 1. The van der Waals surface area contributed by atoms with Crippen molar-refractivity contribution in [2.45, 2.75) is 0 Å². The Morgan fingerprint density at radius 1 is 0.316 bits per heavy atom. The first-order chi connectivity index (χ1) is 28.2. The van der Waals surface area contributed by atoms with Gasteiger partial charge in [-0.1, -0.05) is 182 Å². The molecule has 3 aromatic heterocycles. The maximum Gasteiger partial charge on any atom is 0.164 e. The molecule has 3 heterocycles. The third kappa shape index (κ3) is 5.72. The van der Waals surface area contributed by atoms with Gasteiger partial charge in [0.25, 0.3) is 0 Å². The molecule has 11 aromatic rings. The molecule has 0 saturated heterocycles. The Balaban J connectivity index is 1.04. The number of benzene rings is 8. The van der Waals surface area contributed by atoms with E-state index in [1.54, 1.807) is 0 Å². The van der Waals surface area contributed by atoms with Crippen molar-refractivity contribution in [3.05, 3.63) is 194 Å². The number of rotatable bonds is 6. The first-order valence-corrected chi connectivity index (χ1v) is 19.1. The van der Waals surface area contributed by atoms with E-state index < -0.39 is 0 Å². The fourth-order valence-corrected chi connectivity index (χ4v) is 7.94. The molecule has 266 valence electrons. The second kappa shape index (κ2) is 13.5. The molecule has 0 unspecified atom stereocenters. The minimum Gasteiger partial charge on any atom is -0.455 e. The van der Waals surface area contributed by atoms with Crippen LogP contribution in [-0.4, -0.2) is 19.9 Å². The van der Waals surface area contributed by atoms with Crippen LogP contribution in [0.1, 0.15) is 0 Å². The Bertz CT molecular complexity index is 3260. The highest BCUT2D eigenvalue weighted by molar-refractivity contribution is 6.22. The van der Waals surface area contributed by atoms with Gasteiger partial charge in [-0.05, 0) is 39.6 Å². The van der Waals surface area contributed by atoms with Crippen LogP contribution in [0.5, 0.6) is 0 Å². The van der Waals surface area contributed by atoms with Crippen molar-refractivity contribution in [1.29, 1.82) is 0 Å². The van der Waals surface area contributed by atoms with Crippen LogP contribution >= 0.6 is 0 Å². The van der Waals surface area contributed by atoms with E-state index in [1.165, 1.54) is 10.9 Å². The number of fused-ring (bicyclic) bond motifs is 6. The Labute approximate surface area is 328 Å². The zero-order valence-electron chi connectivity index (χ0n) is 30.7. The van der Waals surface area contributed by atoms with Crippen LogP contribution in [-0.2, 0) is 0 Å². The second-order valence-corrected chi connectivity index (χ2v) is 14.2. The first kappa shape index (κ1) is 32.7. The summed E-state index contributed by atoms with van der Waals surface area (Å²) in [5, 5.41) is 5.37. The SMILES string of the molecule is c1ccc(-c2ccc(-c3nc(-c4ccccc4)nc(-c4ccc(-c5cccc6c5nc(-c5cccc7ccccc57)c5c7ccccc7oc65)cc4)n3)cc2)cc1.